The number of nitrogens with one attached hydrogen (secondary N) is 1. The maximum atomic E-state index is 5.88. The molecule has 2 heteroatoms. The van der Waals surface area contributed by atoms with Crippen LogP contribution in [0.2, 0.25) is 0 Å². The van der Waals surface area contributed by atoms with Crippen LogP contribution in [0.3, 0.4) is 0 Å². The van der Waals surface area contributed by atoms with E-state index in [9.17, 15) is 0 Å². The zero-order valence-electron chi connectivity index (χ0n) is 11.2. The highest BCUT2D eigenvalue weighted by atomic mass is 16.5. The van der Waals surface area contributed by atoms with Crippen molar-refractivity contribution in [3.63, 3.8) is 0 Å². The Kier molecular flexibility index (Phi) is 4.00. The van der Waals surface area contributed by atoms with Crippen LogP contribution in [-0.4, -0.2) is 7.05 Å². The molecule has 0 spiro atoms. The van der Waals surface area contributed by atoms with Gasteiger partial charge in [0.2, 0.25) is 0 Å². The monoisotopic (exact) mass is 241 g/mol. The molecule has 0 bridgehead atoms. The second kappa shape index (κ2) is 5.69. The predicted octanol–water partition coefficient (Wildman–Crippen LogP) is 3.82. The first kappa shape index (κ1) is 12.7. The number of benzene rings is 2. The second-order valence-electron chi connectivity index (χ2n) is 4.55. The van der Waals surface area contributed by atoms with Gasteiger partial charge in [0.1, 0.15) is 11.5 Å². The Morgan fingerprint density at radius 3 is 2.33 bits per heavy atom. The van der Waals surface area contributed by atoms with Crippen molar-refractivity contribution in [2.45, 2.75) is 20.4 Å². The molecule has 0 aliphatic heterocycles. The lowest BCUT2D eigenvalue weighted by molar-refractivity contribution is 0.478. The summed E-state index contributed by atoms with van der Waals surface area (Å²) in [6.07, 6.45) is 0. The Labute approximate surface area is 109 Å². The Morgan fingerprint density at radius 2 is 1.72 bits per heavy atom. The fourth-order valence-electron chi connectivity index (χ4n) is 1.92. The van der Waals surface area contributed by atoms with E-state index in [1.54, 1.807) is 0 Å². The van der Waals surface area contributed by atoms with E-state index in [1.807, 2.05) is 25.2 Å². The lowest BCUT2D eigenvalue weighted by Gasteiger charge is -2.10. The minimum absolute atomic E-state index is 0.877. The van der Waals surface area contributed by atoms with Crippen molar-refractivity contribution in [3.05, 3.63) is 59.2 Å². The standard InChI is InChI=1S/C16H19NO/c1-12-4-9-16(13(2)10-12)18-15-7-5-14(6-8-15)11-17-3/h4-10,17H,11H2,1-3H3. The van der Waals surface area contributed by atoms with Gasteiger partial charge in [-0.25, -0.2) is 0 Å². The Balaban J connectivity index is 2.13. The number of ether oxygens (including phenoxy) is 1. The topological polar surface area (TPSA) is 21.3 Å². The maximum Gasteiger partial charge on any atom is 0.130 e. The molecule has 0 aromatic heterocycles. The molecule has 0 aliphatic carbocycles. The van der Waals surface area contributed by atoms with Crippen molar-refractivity contribution in [2.24, 2.45) is 0 Å². The van der Waals surface area contributed by atoms with Crippen LogP contribution in [0, 0.1) is 13.8 Å². The molecule has 0 aliphatic rings. The fraction of sp³-hybridized carbons (Fsp3) is 0.250. The Bertz CT molecular complexity index is 517. The van der Waals surface area contributed by atoms with Gasteiger partial charge in [-0.05, 0) is 50.2 Å². The zero-order chi connectivity index (χ0) is 13.0. The van der Waals surface area contributed by atoms with Crippen LogP contribution in [0.15, 0.2) is 42.5 Å². The molecule has 0 amide bonds. The van der Waals surface area contributed by atoms with Crippen LogP contribution in [0.1, 0.15) is 16.7 Å². The third kappa shape index (κ3) is 3.11. The Morgan fingerprint density at radius 1 is 1.00 bits per heavy atom. The molecule has 2 nitrogen and oxygen atoms in total. The van der Waals surface area contributed by atoms with Crippen molar-refractivity contribution in [2.75, 3.05) is 7.05 Å². The highest BCUT2D eigenvalue weighted by Crippen LogP contribution is 2.25. The van der Waals surface area contributed by atoms with E-state index in [-0.39, 0.29) is 0 Å². The summed E-state index contributed by atoms with van der Waals surface area (Å²) in [7, 11) is 1.94. The van der Waals surface area contributed by atoms with E-state index < -0.39 is 0 Å². The first-order valence-corrected chi connectivity index (χ1v) is 6.17. The molecule has 0 heterocycles. The van der Waals surface area contributed by atoms with Gasteiger partial charge in [0.05, 0.1) is 0 Å². The minimum atomic E-state index is 0.877. The predicted molar refractivity (Wildman–Crippen MR) is 75.2 cm³/mol. The highest BCUT2D eigenvalue weighted by molar-refractivity contribution is 5.39. The van der Waals surface area contributed by atoms with Gasteiger partial charge < -0.3 is 10.1 Å². The average molecular weight is 241 g/mol. The lowest BCUT2D eigenvalue weighted by atomic mass is 10.1. The molecule has 0 radical (unpaired) electrons. The largest absolute Gasteiger partial charge is 0.457 e. The van der Waals surface area contributed by atoms with Crippen LogP contribution in [0.25, 0.3) is 0 Å². The van der Waals surface area contributed by atoms with E-state index in [1.165, 1.54) is 11.1 Å². The summed E-state index contributed by atoms with van der Waals surface area (Å²) in [5.74, 6) is 1.80. The zero-order valence-corrected chi connectivity index (χ0v) is 11.2. The molecule has 0 atom stereocenters. The summed E-state index contributed by atoms with van der Waals surface area (Å²) in [6.45, 7) is 5.03. The van der Waals surface area contributed by atoms with Crippen LogP contribution >= 0.6 is 0 Å². The third-order valence-electron chi connectivity index (χ3n) is 2.86. The van der Waals surface area contributed by atoms with Crippen molar-refractivity contribution >= 4 is 0 Å². The van der Waals surface area contributed by atoms with Crippen LogP contribution in [-0.2, 0) is 6.54 Å². The van der Waals surface area contributed by atoms with Crippen molar-refractivity contribution in [1.82, 2.24) is 5.32 Å². The normalized spacial score (nSPS) is 10.4. The first-order chi connectivity index (χ1) is 8.69. The van der Waals surface area contributed by atoms with Crippen LogP contribution < -0.4 is 10.1 Å². The van der Waals surface area contributed by atoms with Crippen molar-refractivity contribution in [3.8, 4) is 11.5 Å². The average Bonchev–Trinajstić information content (AvgIpc) is 2.35. The van der Waals surface area contributed by atoms with E-state index in [2.05, 4.69) is 43.4 Å². The molecule has 2 aromatic carbocycles. The maximum absolute atomic E-state index is 5.88. The quantitative estimate of drug-likeness (QED) is 0.878. The van der Waals surface area contributed by atoms with E-state index in [0.717, 1.165) is 23.6 Å². The molecular formula is C16H19NO. The molecule has 2 rings (SSSR count). The minimum Gasteiger partial charge on any atom is -0.457 e. The van der Waals surface area contributed by atoms with Crippen LogP contribution in [0.4, 0.5) is 0 Å². The van der Waals surface area contributed by atoms with Crippen molar-refractivity contribution in [1.29, 1.82) is 0 Å². The van der Waals surface area contributed by atoms with E-state index in [4.69, 9.17) is 4.74 Å². The Hall–Kier alpha value is -1.80. The number of rotatable bonds is 4. The fourth-order valence-corrected chi connectivity index (χ4v) is 1.92. The SMILES string of the molecule is CNCc1ccc(Oc2ccc(C)cc2C)cc1. The van der Waals surface area contributed by atoms with Gasteiger partial charge in [-0.2, -0.15) is 0 Å². The van der Waals surface area contributed by atoms with Gasteiger partial charge in [0, 0.05) is 6.54 Å². The summed E-state index contributed by atoms with van der Waals surface area (Å²) >= 11 is 0. The van der Waals surface area contributed by atoms with Gasteiger partial charge in [0.25, 0.3) is 0 Å². The van der Waals surface area contributed by atoms with Gasteiger partial charge in [-0.3, -0.25) is 0 Å². The summed E-state index contributed by atoms with van der Waals surface area (Å²) in [6, 6.07) is 14.4. The molecule has 18 heavy (non-hydrogen) atoms. The van der Waals surface area contributed by atoms with Gasteiger partial charge in [-0.1, -0.05) is 29.8 Å². The smallest absolute Gasteiger partial charge is 0.130 e. The summed E-state index contributed by atoms with van der Waals surface area (Å²) < 4.78 is 5.88. The lowest BCUT2D eigenvalue weighted by Crippen LogP contribution is -2.04. The summed E-state index contributed by atoms with van der Waals surface area (Å²) in [5, 5.41) is 3.13. The molecule has 1 N–H and O–H groups in total. The third-order valence-corrected chi connectivity index (χ3v) is 2.86. The van der Waals surface area contributed by atoms with Gasteiger partial charge in [0.15, 0.2) is 0 Å². The second-order valence-corrected chi connectivity index (χ2v) is 4.55. The van der Waals surface area contributed by atoms with E-state index >= 15 is 0 Å². The molecule has 0 saturated heterocycles. The molecule has 2 aromatic rings. The molecule has 0 unspecified atom stereocenters. The summed E-state index contributed by atoms with van der Waals surface area (Å²) in [5.41, 5.74) is 3.67. The summed E-state index contributed by atoms with van der Waals surface area (Å²) in [4.78, 5) is 0. The highest BCUT2D eigenvalue weighted by Gasteiger charge is 2.01. The molecule has 94 valence electrons. The van der Waals surface area contributed by atoms with Crippen LogP contribution in [0.5, 0.6) is 11.5 Å². The van der Waals surface area contributed by atoms with Crippen molar-refractivity contribution < 1.29 is 4.74 Å². The van der Waals surface area contributed by atoms with Gasteiger partial charge >= 0.3 is 0 Å². The first-order valence-electron chi connectivity index (χ1n) is 6.17. The van der Waals surface area contributed by atoms with E-state index in [0.29, 0.717) is 0 Å². The number of hydrogen-bond acceptors (Lipinski definition) is 2. The molecular weight excluding hydrogens is 222 g/mol. The number of aryl methyl sites for hydroxylation is 2. The molecule has 0 saturated carbocycles. The number of hydrogen-bond donors (Lipinski definition) is 1. The van der Waals surface area contributed by atoms with Gasteiger partial charge in [-0.15, -0.1) is 0 Å². The molecule has 0 fully saturated rings.